The van der Waals surface area contributed by atoms with Crippen LogP contribution in [0.25, 0.3) is 0 Å². The number of amides is 1. The SMILES string of the molecule is Cc1ccc(CCC(=O)NCc2ccccc2O)cc1. The third kappa shape index (κ3) is 4.12. The molecule has 0 aliphatic rings. The number of hydrogen-bond donors (Lipinski definition) is 2. The molecule has 0 unspecified atom stereocenters. The third-order valence-corrected chi connectivity index (χ3v) is 3.23. The highest BCUT2D eigenvalue weighted by Gasteiger charge is 2.04. The van der Waals surface area contributed by atoms with E-state index in [-0.39, 0.29) is 11.7 Å². The molecule has 0 heterocycles. The molecule has 0 aliphatic heterocycles. The van der Waals surface area contributed by atoms with Crippen molar-refractivity contribution in [3.05, 3.63) is 65.2 Å². The van der Waals surface area contributed by atoms with Crippen LogP contribution in [0.3, 0.4) is 0 Å². The second kappa shape index (κ2) is 6.75. The van der Waals surface area contributed by atoms with Gasteiger partial charge in [-0.15, -0.1) is 0 Å². The maximum absolute atomic E-state index is 11.8. The Kier molecular flexibility index (Phi) is 4.77. The first-order valence-corrected chi connectivity index (χ1v) is 6.74. The predicted molar refractivity (Wildman–Crippen MR) is 79.5 cm³/mol. The molecular formula is C17H19NO2. The molecular weight excluding hydrogens is 250 g/mol. The van der Waals surface area contributed by atoms with Gasteiger partial charge in [0, 0.05) is 18.5 Å². The number of aryl methyl sites for hydroxylation is 2. The van der Waals surface area contributed by atoms with Crippen LogP contribution in [-0.4, -0.2) is 11.0 Å². The summed E-state index contributed by atoms with van der Waals surface area (Å²) in [6.45, 7) is 2.40. The largest absolute Gasteiger partial charge is 0.508 e. The summed E-state index contributed by atoms with van der Waals surface area (Å²) in [5.74, 6) is 0.208. The Morgan fingerprint density at radius 1 is 1.10 bits per heavy atom. The summed E-state index contributed by atoms with van der Waals surface area (Å²) in [7, 11) is 0. The summed E-state index contributed by atoms with van der Waals surface area (Å²) in [6.07, 6.45) is 1.18. The number of carbonyl (C=O) groups excluding carboxylic acids is 1. The first-order valence-electron chi connectivity index (χ1n) is 6.74. The van der Waals surface area contributed by atoms with Gasteiger partial charge in [0.25, 0.3) is 0 Å². The Labute approximate surface area is 119 Å². The van der Waals surface area contributed by atoms with E-state index in [1.165, 1.54) is 5.56 Å². The van der Waals surface area contributed by atoms with E-state index in [1.807, 2.05) is 25.1 Å². The van der Waals surface area contributed by atoms with E-state index >= 15 is 0 Å². The molecule has 0 aromatic heterocycles. The Balaban J connectivity index is 1.78. The fraction of sp³-hybridized carbons (Fsp3) is 0.235. The maximum atomic E-state index is 11.8. The van der Waals surface area contributed by atoms with Crippen LogP contribution in [0.1, 0.15) is 23.1 Å². The van der Waals surface area contributed by atoms with Crippen molar-refractivity contribution < 1.29 is 9.90 Å². The molecule has 2 N–H and O–H groups in total. The summed E-state index contributed by atoms with van der Waals surface area (Å²) in [6, 6.07) is 15.2. The number of aromatic hydroxyl groups is 1. The molecule has 1 amide bonds. The Hall–Kier alpha value is -2.29. The zero-order valence-corrected chi connectivity index (χ0v) is 11.6. The lowest BCUT2D eigenvalue weighted by atomic mass is 10.1. The van der Waals surface area contributed by atoms with Crippen molar-refractivity contribution in [1.82, 2.24) is 5.32 Å². The zero-order chi connectivity index (χ0) is 14.4. The monoisotopic (exact) mass is 269 g/mol. The highest BCUT2D eigenvalue weighted by molar-refractivity contribution is 5.76. The minimum absolute atomic E-state index is 0.00571. The van der Waals surface area contributed by atoms with Gasteiger partial charge < -0.3 is 10.4 Å². The molecule has 0 bridgehead atoms. The van der Waals surface area contributed by atoms with E-state index in [2.05, 4.69) is 17.4 Å². The molecule has 0 fully saturated rings. The average Bonchev–Trinajstić information content (AvgIpc) is 2.46. The normalized spacial score (nSPS) is 10.2. The number of hydrogen-bond acceptors (Lipinski definition) is 2. The molecule has 0 atom stereocenters. The van der Waals surface area contributed by atoms with Crippen molar-refractivity contribution in [2.24, 2.45) is 0 Å². The van der Waals surface area contributed by atoms with Gasteiger partial charge in [0.1, 0.15) is 5.75 Å². The molecule has 2 aromatic carbocycles. The van der Waals surface area contributed by atoms with E-state index in [4.69, 9.17) is 0 Å². The molecule has 2 rings (SSSR count). The van der Waals surface area contributed by atoms with E-state index in [1.54, 1.807) is 18.2 Å². The quantitative estimate of drug-likeness (QED) is 0.876. The van der Waals surface area contributed by atoms with E-state index in [9.17, 15) is 9.90 Å². The Bertz CT molecular complexity index is 576. The van der Waals surface area contributed by atoms with Gasteiger partial charge in [-0.25, -0.2) is 0 Å². The summed E-state index contributed by atoms with van der Waals surface area (Å²) < 4.78 is 0. The number of carbonyl (C=O) groups is 1. The zero-order valence-electron chi connectivity index (χ0n) is 11.6. The van der Waals surface area contributed by atoms with Gasteiger partial charge in [-0.3, -0.25) is 4.79 Å². The molecule has 3 nitrogen and oxygen atoms in total. The van der Waals surface area contributed by atoms with Gasteiger partial charge in [-0.05, 0) is 25.0 Å². The fourth-order valence-corrected chi connectivity index (χ4v) is 1.96. The molecule has 0 saturated carbocycles. The van der Waals surface area contributed by atoms with Crippen LogP contribution in [-0.2, 0) is 17.8 Å². The number of rotatable bonds is 5. The van der Waals surface area contributed by atoms with Crippen molar-refractivity contribution in [2.45, 2.75) is 26.3 Å². The minimum Gasteiger partial charge on any atom is -0.508 e. The van der Waals surface area contributed by atoms with Gasteiger partial charge in [-0.2, -0.15) is 0 Å². The van der Waals surface area contributed by atoms with Crippen molar-refractivity contribution in [3.8, 4) is 5.75 Å². The second-order valence-corrected chi connectivity index (χ2v) is 4.89. The molecule has 2 aromatic rings. The van der Waals surface area contributed by atoms with Crippen LogP contribution in [0.15, 0.2) is 48.5 Å². The highest BCUT2D eigenvalue weighted by atomic mass is 16.3. The highest BCUT2D eigenvalue weighted by Crippen LogP contribution is 2.15. The van der Waals surface area contributed by atoms with Crippen molar-refractivity contribution in [2.75, 3.05) is 0 Å². The van der Waals surface area contributed by atoms with Gasteiger partial charge in [0.2, 0.25) is 5.91 Å². The standard InChI is InChI=1S/C17H19NO2/c1-13-6-8-14(9-7-13)10-11-17(20)18-12-15-4-2-3-5-16(15)19/h2-9,19H,10-12H2,1H3,(H,18,20). The number of nitrogens with one attached hydrogen (secondary N) is 1. The fourth-order valence-electron chi connectivity index (χ4n) is 1.96. The molecule has 0 spiro atoms. The minimum atomic E-state index is -0.00571. The summed E-state index contributed by atoms with van der Waals surface area (Å²) in [5, 5.41) is 12.4. The van der Waals surface area contributed by atoms with Crippen molar-refractivity contribution in [1.29, 1.82) is 0 Å². The number of phenols is 1. The summed E-state index contributed by atoms with van der Waals surface area (Å²) in [5.41, 5.74) is 3.11. The van der Waals surface area contributed by atoms with Crippen LogP contribution in [0.4, 0.5) is 0 Å². The van der Waals surface area contributed by atoms with Crippen LogP contribution >= 0.6 is 0 Å². The average molecular weight is 269 g/mol. The van der Waals surface area contributed by atoms with Crippen LogP contribution in [0, 0.1) is 6.92 Å². The first kappa shape index (κ1) is 14.1. The maximum Gasteiger partial charge on any atom is 0.220 e. The Morgan fingerprint density at radius 2 is 1.80 bits per heavy atom. The first-order chi connectivity index (χ1) is 9.65. The van der Waals surface area contributed by atoms with E-state index < -0.39 is 0 Å². The summed E-state index contributed by atoms with van der Waals surface area (Å²) in [4.78, 5) is 11.8. The van der Waals surface area contributed by atoms with Gasteiger partial charge in [0.15, 0.2) is 0 Å². The van der Waals surface area contributed by atoms with E-state index in [0.717, 1.165) is 17.5 Å². The molecule has 0 saturated heterocycles. The molecule has 20 heavy (non-hydrogen) atoms. The lowest BCUT2D eigenvalue weighted by Gasteiger charge is -2.07. The number of phenolic OH excluding ortho intramolecular Hbond substituents is 1. The summed E-state index contributed by atoms with van der Waals surface area (Å²) >= 11 is 0. The predicted octanol–water partition coefficient (Wildman–Crippen LogP) is 2.95. The molecule has 0 aliphatic carbocycles. The number of benzene rings is 2. The topological polar surface area (TPSA) is 49.3 Å². The van der Waals surface area contributed by atoms with Crippen molar-refractivity contribution >= 4 is 5.91 Å². The van der Waals surface area contributed by atoms with Crippen LogP contribution in [0.5, 0.6) is 5.75 Å². The second-order valence-electron chi connectivity index (χ2n) is 4.89. The van der Waals surface area contributed by atoms with Gasteiger partial charge in [-0.1, -0.05) is 48.0 Å². The van der Waals surface area contributed by atoms with Crippen LogP contribution < -0.4 is 5.32 Å². The Morgan fingerprint density at radius 3 is 2.50 bits per heavy atom. The van der Waals surface area contributed by atoms with Crippen LogP contribution in [0.2, 0.25) is 0 Å². The van der Waals surface area contributed by atoms with Crippen molar-refractivity contribution in [3.63, 3.8) is 0 Å². The third-order valence-electron chi connectivity index (χ3n) is 3.23. The molecule has 3 heteroatoms. The number of para-hydroxylation sites is 1. The van der Waals surface area contributed by atoms with Gasteiger partial charge >= 0.3 is 0 Å². The lowest BCUT2D eigenvalue weighted by molar-refractivity contribution is -0.121. The van der Waals surface area contributed by atoms with Gasteiger partial charge in [0.05, 0.1) is 0 Å². The van der Waals surface area contributed by atoms with E-state index in [0.29, 0.717) is 13.0 Å². The molecule has 0 radical (unpaired) electrons. The smallest absolute Gasteiger partial charge is 0.220 e. The molecule has 104 valence electrons. The lowest BCUT2D eigenvalue weighted by Crippen LogP contribution is -2.23.